The molecule has 2 aliphatic heterocycles. The number of amides is 3. The van der Waals surface area contributed by atoms with Gasteiger partial charge in [-0.05, 0) is 57.5 Å². The number of piperidine rings is 1. The molecule has 0 spiro atoms. The minimum Gasteiger partial charge on any atom is -0.489 e. The Morgan fingerprint density at radius 1 is 1.30 bits per heavy atom. The van der Waals surface area contributed by atoms with Crippen LogP contribution in [-0.2, 0) is 14.3 Å². The van der Waals surface area contributed by atoms with E-state index < -0.39 is 17.6 Å². The van der Waals surface area contributed by atoms with Gasteiger partial charge in [0.15, 0.2) is 0 Å². The van der Waals surface area contributed by atoms with Gasteiger partial charge in [0.1, 0.15) is 18.0 Å². The number of imide groups is 1. The number of hydrogen-bond donors (Lipinski definition) is 2. The van der Waals surface area contributed by atoms with E-state index >= 15 is 0 Å². The third-order valence-corrected chi connectivity index (χ3v) is 5.77. The number of methoxy groups -OCH3 is 1. The first-order chi connectivity index (χ1) is 15.7. The highest BCUT2D eigenvalue weighted by Crippen LogP contribution is 2.37. The van der Waals surface area contributed by atoms with E-state index in [2.05, 4.69) is 15.5 Å². The molecule has 33 heavy (non-hydrogen) atoms. The van der Waals surface area contributed by atoms with Crippen molar-refractivity contribution >= 4 is 40.8 Å². The monoisotopic (exact) mass is 477 g/mol. The summed E-state index contributed by atoms with van der Waals surface area (Å²) in [6.07, 6.45) is 2.94. The smallest absolute Gasteiger partial charge is 0.407 e. The van der Waals surface area contributed by atoms with E-state index in [-0.39, 0.29) is 11.3 Å². The lowest BCUT2D eigenvalue weighted by Crippen LogP contribution is -2.49. The highest BCUT2D eigenvalue weighted by atomic mass is 32.2. The summed E-state index contributed by atoms with van der Waals surface area (Å²) in [5, 5.41) is 4.86. The Hall–Kier alpha value is -2.72. The zero-order valence-electron chi connectivity index (χ0n) is 19.4. The fourth-order valence-corrected chi connectivity index (χ4v) is 4.35. The van der Waals surface area contributed by atoms with E-state index in [1.54, 1.807) is 13.2 Å². The fraction of sp³-hybridized carbons (Fsp3) is 0.522. The van der Waals surface area contributed by atoms with Crippen molar-refractivity contribution in [1.29, 1.82) is 0 Å². The highest BCUT2D eigenvalue weighted by molar-refractivity contribution is 8.18. The normalized spacial score (nSPS) is 20.1. The Morgan fingerprint density at radius 3 is 2.76 bits per heavy atom. The number of carbonyl (C=O) groups excluding carboxylic acids is 3. The predicted octanol–water partition coefficient (Wildman–Crippen LogP) is 3.53. The number of benzene rings is 1. The molecule has 0 bridgehead atoms. The Bertz CT molecular complexity index is 927. The summed E-state index contributed by atoms with van der Waals surface area (Å²) >= 11 is 0.874. The Labute approximate surface area is 198 Å². The van der Waals surface area contributed by atoms with Crippen molar-refractivity contribution in [2.24, 2.45) is 0 Å². The molecule has 10 heteroatoms. The molecular weight excluding hydrogens is 446 g/mol. The summed E-state index contributed by atoms with van der Waals surface area (Å²) in [4.78, 5) is 38.5. The second-order valence-electron chi connectivity index (χ2n) is 8.82. The van der Waals surface area contributed by atoms with Crippen molar-refractivity contribution in [3.8, 4) is 5.75 Å². The van der Waals surface area contributed by atoms with Gasteiger partial charge in [-0.15, -0.1) is 0 Å². The lowest BCUT2D eigenvalue weighted by Gasteiger charge is -2.36. The van der Waals surface area contributed by atoms with Crippen LogP contribution >= 0.6 is 11.8 Å². The summed E-state index contributed by atoms with van der Waals surface area (Å²) in [5.74, 6) is 0.235. The molecule has 0 aromatic heterocycles. The van der Waals surface area contributed by atoms with E-state index in [9.17, 15) is 14.4 Å². The lowest BCUT2D eigenvalue weighted by atomic mass is 10.0. The molecule has 2 fully saturated rings. The predicted molar refractivity (Wildman–Crippen MR) is 128 cm³/mol. The van der Waals surface area contributed by atoms with Crippen LogP contribution in [0, 0.1) is 0 Å². The van der Waals surface area contributed by atoms with Gasteiger partial charge in [0.05, 0.1) is 17.2 Å². The third kappa shape index (κ3) is 7.13. The molecule has 0 aliphatic carbocycles. The maximum absolute atomic E-state index is 12.3. The zero-order chi connectivity index (χ0) is 24.0. The summed E-state index contributed by atoms with van der Waals surface area (Å²) in [7, 11) is 1.61. The number of carbonyl (C=O) groups is 3. The van der Waals surface area contributed by atoms with Gasteiger partial charge >= 0.3 is 6.09 Å². The van der Waals surface area contributed by atoms with Crippen LogP contribution in [-0.4, -0.2) is 62.3 Å². The van der Waals surface area contributed by atoms with E-state index in [4.69, 9.17) is 14.2 Å². The number of hydrogen-bond acceptors (Lipinski definition) is 8. The molecule has 1 unspecified atom stereocenters. The van der Waals surface area contributed by atoms with E-state index in [0.29, 0.717) is 30.4 Å². The zero-order valence-corrected chi connectivity index (χ0v) is 20.3. The minimum atomic E-state index is -0.573. The van der Waals surface area contributed by atoms with Crippen LogP contribution in [0.5, 0.6) is 5.75 Å². The molecule has 1 atom stereocenters. The third-order valence-electron chi connectivity index (χ3n) is 4.96. The molecule has 2 saturated heterocycles. The molecule has 3 rings (SSSR count). The SMILES string of the molecule is COCCOc1cccc(C=C2SC(=O)NC2=O)c1N1CCCC(NC(=O)OC(C)(C)C)C1. The van der Waals surface area contributed by atoms with Gasteiger partial charge in [0.25, 0.3) is 11.1 Å². The number of nitrogens with zero attached hydrogens (tertiary/aromatic N) is 1. The Morgan fingerprint density at radius 2 is 2.09 bits per heavy atom. The van der Waals surface area contributed by atoms with Crippen LogP contribution in [0.2, 0.25) is 0 Å². The molecular formula is C23H31N3O6S. The standard InChI is InChI=1S/C23H31N3O6S/c1-23(2,3)32-21(28)24-16-8-6-10-26(14-16)19-15(13-18-20(27)25-22(29)33-18)7-5-9-17(19)31-12-11-30-4/h5,7,9,13,16H,6,8,10-12,14H2,1-4H3,(H,24,28)(H,25,27,29). The number of anilines is 1. The molecule has 2 aliphatic rings. The van der Waals surface area contributed by atoms with Crippen LogP contribution in [0.25, 0.3) is 6.08 Å². The first-order valence-corrected chi connectivity index (χ1v) is 11.7. The second-order valence-corrected chi connectivity index (χ2v) is 9.83. The number of rotatable bonds is 7. The maximum atomic E-state index is 12.3. The van der Waals surface area contributed by atoms with E-state index in [0.717, 1.165) is 42.4 Å². The van der Waals surface area contributed by atoms with E-state index in [1.165, 1.54) is 0 Å². The van der Waals surface area contributed by atoms with Crippen LogP contribution in [0.15, 0.2) is 23.1 Å². The number of thioether (sulfide) groups is 1. The van der Waals surface area contributed by atoms with Gasteiger partial charge in [-0.2, -0.15) is 0 Å². The fourth-order valence-electron chi connectivity index (χ4n) is 3.68. The second kappa shape index (κ2) is 10.9. The van der Waals surface area contributed by atoms with E-state index in [1.807, 2.05) is 39.0 Å². The van der Waals surface area contributed by atoms with Crippen LogP contribution < -0.4 is 20.3 Å². The number of ether oxygens (including phenoxy) is 3. The van der Waals surface area contributed by atoms with Crippen molar-refractivity contribution < 1.29 is 28.6 Å². The van der Waals surface area contributed by atoms with Crippen molar-refractivity contribution in [2.75, 3.05) is 38.3 Å². The van der Waals surface area contributed by atoms with Gasteiger partial charge in [-0.3, -0.25) is 14.9 Å². The van der Waals surface area contributed by atoms with Gasteiger partial charge < -0.3 is 24.4 Å². The number of para-hydroxylation sites is 1. The minimum absolute atomic E-state index is 0.105. The maximum Gasteiger partial charge on any atom is 0.407 e. The van der Waals surface area contributed by atoms with Gasteiger partial charge in [0, 0.05) is 31.8 Å². The molecule has 9 nitrogen and oxygen atoms in total. The molecule has 2 heterocycles. The molecule has 180 valence electrons. The van der Waals surface area contributed by atoms with Crippen LogP contribution in [0.4, 0.5) is 15.3 Å². The first-order valence-electron chi connectivity index (χ1n) is 10.9. The van der Waals surface area contributed by atoms with Crippen LogP contribution in [0.1, 0.15) is 39.2 Å². The van der Waals surface area contributed by atoms with Gasteiger partial charge in [-0.25, -0.2) is 4.79 Å². The van der Waals surface area contributed by atoms with Gasteiger partial charge in [0.2, 0.25) is 0 Å². The van der Waals surface area contributed by atoms with Crippen molar-refractivity contribution in [3.63, 3.8) is 0 Å². The molecule has 1 aromatic carbocycles. The first kappa shape index (κ1) is 24.9. The molecule has 0 saturated carbocycles. The van der Waals surface area contributed by atoms with Crippen molar-refractivity contribution in [3.05, 3.63) is 28.7 Å². The molecule has 2 N–H and O–H groups in total. The largest absolute Gasteiger partial charge is 0.489 e. The van der Waals surface area contributed by atoms with Crippen molar-refractivity contribution in [2.45, 2.75) is 45.3 Å². The van der Waals surface area contributed by atoms with Crippen molar-refractivity contribution in [1.82, 2.24) is 10.6 Å². The van der Waals surface area contributed by atoms with Crippen LogP contribution in [0.3, 0.4) is 0 Å². The Balaban J connectivity index is 1.87. The summed E-state index contributed by atoms with van der Waals surface area (Å²) in [5.41, 5.74) is 0.996. The quantitative estimate of drug-likeness (QED) is 0.454. The summed E-state index contributed by atoms with van der Waals surface area (Å²) in [6, 6.07) is 5.49. The molecule has 1 aromatic rings. The van der Waals surface area contributed by atoms with Gasteiger partial charge in [-0.1, -0.05) is 12.1 Å². The molecule has 3 amide bonds. The number of alkyl carbamates (subject to hydrolysis) is 1. The summed E-state index contributed by atoms with van der Waals surface area (Å²) < 4.78 is 16.5. The lowest BCUT2D eigenvalue weighted by molar-refractivity contribution is -0.115. The summed E-state index contributed by atoms with van der Waals surface area (Å²) in [6.45, 7) is 7.59. The average molecular weight is 478 g/mol. The number of nitrogens with one attached hydrogen (secondary N) is 2. The Kier molecular flexibility index (Phi) is 8.25. The molecule has 0 radical (unpaired) electrons. The average Bonchev–Trinajstić information content (AvgIpc) is 3.03. The highest BCUT2D eigenvalue weighted by Gasteiger charge is 2.29. The topological polar surface area (TPSA) is 106 Å².